The van der Waals surface area contributed by atoms with Crippen LogP contribution in [0.4, 0.5) is 4.39 Å². The Morgan fingerprint density at radius 3 is 2.53 bits per heavy atom. The summed E-state index contributed by atoms with van der Waals surface area (Å²) in [5, 5.41) is 1.02. The van der Waals surface area contributed by atoms with Crippen LogP contribution in [-0.4, -0.2) is 62.5 Å². The van der Waals surface area contributed by atoms with Gasteiger partial charge in [-0.05, 0) is 67.8 Å². The number of fused-ring (bicyclic) bond motifs is 1. The molecule has 0 bridgehead atoms. The molecule has 5 heterocycles. The molecule has 8 heteroatoms. The maximum Gasteiger partial charge on any atom is 0.253 e. The van der Waals surface area contributed by atoms with E-state index in [1.807, 2.05) is 52.1 Å². The lowest BCUT2D eigenvalue weighted by Gasteiger charge is -2.31. The highest BCUT2D eigenvalue weighted by atomic mass is 19.1. The summed E-state index contributed by atoms with van der Waals surface area (Å²) in [7, 11) is 0. The highest BCUT2D eigenvalue weighted by Crippen LogP contribution is 2.25. The fourth-order valence-electron chi connectivity index (χ4n) is 4.87. The number of aromatic nitrogens is 3. The van der Waals surface area contributed by atoms with Gasteiger partial charge in [0.25, 0.3) is 5.91 Å². The van der Waals surface area contributed by atoms with Crippen molar-refractivity contribution in [3.05, 3.63) is 84.2 Å². The van der Waals surface area contributed by atoms with Gasteiger partial charge in [-0.2, -0.15) is 0 Å². The number of benzene rings is 1. The zero-order chi connectivity index (χ0) is 24.5. The van der Waals surface area contributed by atoms with E-state index in [0.717, 1.165) is 85.7 Å². The highest BCUT2D eigenvalue weighted by molar-refractivity contribution is 5.98. The van der Waals surface area contributed by atoms with Gasteiger partial charge in [0.1, 0.15) is 23.5 Å². The number of rotatable bonds is 6. The smallest absolute Gasteiger partial charge is 0.253 e. The van der Waals surface area contributed by atoms with Crippen molar-refractivity contribution in [3.63, 3.8) is 0 Å². The quantitative estimate of drug-likeness (QED) is 0.404. The first kappa shape index (κ1) is 22.7. The molecule has 0 aliphatic carbocycles. The molecule has 184 valence electrons. The number of carbonyl (C=O) groups is 1. The predicted molar refractivity (Wildman–Crippen MR) is 135 cm³/mol. The van der Waals surface area contributed by atoms with Crippen LogP contribution in [0.25, 0.3) is 16.7 Å². The van der Waals surface area contributed by atoms with Crippen LogP contribution in [0.2, 0.25) is 0 Å². The maximum atomic E-state index is 13.1. The number of hydrogen-bond acceptors (Lipinski definition) is 5. The first-order valence-corrected chi connectivity index (χ1v) is 12.5. The second-order valence-electron chi connectivity index (χ2n) is 9.52. The first-order valence-electron chi connectivity index (χ1n) is 12.5. The Morgan fingerprint density at radius 2 is 1.83 bits per heavy atom. The third kappa shape index (κ3) is 4.68. The Bertz CT molecular complexity index is 1360. The molecule has 0 radical (unpaired) electrons. The number of carbonyl (C=O) groups excluding carboxylic acids is 1. The SMILES string of the molecule is O=C(c1ccc2c(ccn2-c2ccc(OC3CCN(Cc4ccc(F)cn4)CC3)cn2)c1)N1CCC1. The molecule has 0 unspecified atom stereocenters. The van der Waals surface area contributed by atoms with Gasteiger partial charge >= 0.3 is 0 Å². The average Bonchev–Trinajstić information content (AvgIpc) is 3.29. The van der Waals surface area contributed by atoms with Crippen molar-refractivity contribution >= 4 is 16.8 Å². The van der Waals surface area contributed by atoms with E-state index in [1.165, 1.54) is 12.3 Å². The number of pyridine rings is 2. The maximum absolute atomic E-state index is 13.1. The monoisotopic (exact) mass is 485 g/mol. The lowest BCUT2D eigenvalue weighted by molar-refractivity contribution is 0.0652. The largest absolute Gasteiger partial charge is 0.489 e. The Balaban J connectivity index is 1.06. The fraction of sp³-hybridized carbons (Fsp3) is 0.321. The normalized spacial score (nSPS) is 16.8. The van der Waals surface area contributed by atoms with Crippen molar-refractivity contribution in [3.8, 4) is 11.6 Å². The minimum Gasteiger partial charge on any atom is -0.489 e. The van der Waals surface area contributed by atoms with Gasteiger partial charge < -0.3 is 14.2 Å². The van der Waals surface area contributed by atoms with Crippen molar-refractivity contribution in [2.24, 2.45) is 0 Å². The summed E-state index contributed by atoms with van der Waals surface area (Å²) in [5.41, 5.74) is 2.63. The minimum absolute atomic E-state index is 0.105. The van der Waals surface area contributed by atoms with E-state index >= 15 is 0 Å². The number of nitrogens with zero attached hydrogens (tertiary/aromatic N) is 5. The van der Waals surface area contributed by atoms with Gasteiger partial charge in [0.05, 0.1) is 23.6 Å². The summed E-state index contributed by atoms with van der Waals surface area (Å²) < 4.78 is 21.3. The van der Waals surface area contributed by atoms with E-state index in [4.69, 9.17) is 4.74 Å². The second-order valence-corrected chi connectivity index (χ2v) is 9.52. The van der Waals surface area contributed by atoms with Crippen molar-refractivity contribution in [2.45, 2.75) is 31.9 Å². The fourth-order valence-corrected chi connectivity index (χ4v) is 4.87. The molecule has 0 spiro atoms. The third-order valence-corrected chi connectivity index (χ3v) is 7.06. The molecule has 3 aromatic heterocycles. The van der Waals surface area contributed by atoms with Crippen LogP contribution in [0.1, 0.15) is 35.3 Å². The number of halogens is 1. The molecule has 0 saturated carbocycles. The second kappa shape index (κ2) is 9.70. The lowest BCUT2D eigenvalue weighted by Crippen LogP contribution is -2.41. The number of ether oxygens (including phenoxy) is 1. The van der Waals surface area contributed by atoms with Gasteiger partial charge in [-0.25, -0.2) is 9.37 Å². The van der Waals surface area contributed by atoms with Crippen LogP contribution in [0, 0.1) is 5.82 Å². The van der Waals surface area contributed by atoms with Crippen molar-refractivity contribution in [2.75, 3.05) is 26.2 Å². The number of piperidine rings is 1. The molecule has 2 aliphatic rings. The molecule has 1 amide bonds. The minimum atomic E-state index is -0.307. The molecular weight excluding hydrogens is 457 g/mol. The van der Waals surface area contributed by atoms with Crippen LogP contribution in [0.5, 0.6) is 5.75 Å². The Morgan fingerprint density at radius 1 is 0.972 bits per heavy atom. The average molecular weight is 486 g/mol. The number of hydrogen-bond donors (Lipinski definition) is 0. The molecule has 7 nitrogen and oxygen atoms in total. The molecule has 0 atom stereocenters. The van der Waals surface area contributed by atoms with Crippen LogP contribution in [0.3, 0.4) is 0 Å². The molecule has 36 heavy (non-hydrogen) atoms. The predicted octanol–water partition coefficient (Wildman–Crippen LogP) is 4.45. The molecule has 2 aliphatic heterocycles. The summed E-state index contributed by atoms with van der Waals surface area (Å²) in [4.78, 5) is 25.5. The topological polar surface area (TPSA) is 63.5 Å². The van der Waals surface area contributed by atoms with Gasteiger partial charge in [0.2, 0.25) is 0 Å². The van der Waals surface area contributed by atoms with E-state index in [1.54, 1.807) is 12.3 Å². The molecule has 2 fully saturated rings. The van der Waals surface area contributed by atoms with Crippen molar-refractivity contribution < 1.29 is 13.9 Å². The van der Waals surface area contributed by atoms with E-state index in [-0.39, 0.29) is 17.8 Å². The number of likely N-dealkylation sites (tertiary alicyclic amines) is 2. The van der Waals surface area contributed by atoms with Gasteiger partial charge in [-0.1, -0.05) is 0 Å². The zero-order valence-corrected chi connectivity index (χ0v) is 20.0. The van der Waals surface area contributed by atoms with Crippen molar-refractivity contribution in [1.29, 1.82) is 0 Å². The van der Waals surface area contributed by atoms with Crippen molar-refractivity contribution in [1.82, 2.24) is 24.3 Å². The van der Waals surface area contributed by atoms with Crippen LogP contribution < -0.4 is 4.74 Å². The molecule has 1 aromatic carbocycles. The Labute approximate surface area is 209 Å². The van der Waals surface area contributed by atoms with Crippen LogP contribution >= 0.6 is 0 Å². The van der Waals surface area contributed by atoms with E-state index in [0.29, 0.717) is 0 Å². The standard InChI is InChI=1S/C28H28FN5O2/c29-22-3-4-23(30-17-22)19-32-13-9-24(10-14-32)36-25-5-7-27(31-18-25)34-15-8-20-16-21(2-6-26(20)34)28(35)33-11-1-12-33/h2-8,15-18,24H,1,9-14,19H2. The van der Waals surface area contributed by atoms with E-state index in [9.17, 15) is 9.18 Å². The van der Waals surface area contributed by atoms with Gasteiger partial charge in [-0.15, -0.1) is 0 Å². The lowest BCUT2D eigenvalue weighted by atomic mass is 10.1. The van der Waals surface area contributed by atoms with E-state index < -0.39 is 0 Å². The van der Waals surface area contributed by atoms with E-state index in [2.05, 4.69) is 14.9 Å². The summed E-state index contributed by atoms with van der Waals surface area (Å²) in [6, 6.07) is 15.0. The summed E-state index contributed by atoms with van der Waals surface area (Å²) >= 11 is 0. The summed E-state index contributed by atoms with van der Waals surface area (Å²) in [6.45, 7) is 4.24. The zero-order valence-electron chi connectivity index (χ0n) is 20.0. The van der Waals surface area contributed by atoms with Gasteiger partial charge in [-0.3, -0.25) is 14.7 Å². The van der Waals surface area contributed by atoms with Crippen LogP contribution in [0.15, 0.2) is 67.1 Å². The highest BCUT2D eigenvalue weighted by Gasteiger charge is 2.23. The number of amides is 1. The Hall–Kier alpha value is -3.78. The summed E-state index contributed by atoms with van der Waals surface area (Å²) in [5.74, 6) is 1.37. The van der Waals surface area contributed by atoms with Crippen LogP contribution in [-0.2, 0) is 6.54 Å². The van der Waals surface area contributed by atoms with Gasteiger partial charge in [0, 0.05) is 49.9 Å². The molecule has 0 N–H and O–H groups in total. The Kier molecular flexibility index (Phi) is 6.11. The van der Waals surface area contributed by atoms with Gasteiger partial charge in [0.15, 0.2) is 0 Å². The molecule has 4 aromatic rings. The molecule has 2 saturated heterocycles. The summed E-state index contributed by atoms with van der Waals surface area (Å²) in [6.07, 6.45) is 8.10. The first-order chi connectivity index (χ1) is 17.6. The molecule has 6 rings (SSSR count). The molecular formula is C28H28FN5O2. The third-order valence-electron chi connectivity index (χ3n) is 7.06.